The molecule has 1 N–H and O–H groups in total. The molecule has 8 nitrogen and oxygen atoms in total. The van der Waals surface area contributed by atoms with E-state index in [1.165, 1.54) is 12.8 Å². The summed E-state index contributed by atoms with van der Waals surface area (Å²) >= 11 is 0. The number of rotatable bonds is 6. The Kier molecular flexibility index (Phi) is 10.5. The van der Waals surface area contributed by atoms with Gasteiger partial charge in [-0.3, -0.25) is 14.7 Å². The maximum absolute atomic E-state index is 12.6. The van der Waals surface area contributed by atoms with E-state index in [1.807, 2.05) is 18.3 Å². The number of piperazine rings is 2. The summed E-state index contributed by atoms with van der Waals surface area (Å²) in [6.07, 6.45) is 6.49. The number of guanidine groups is 1. The summed E-state index contributed by atoms with van der Waals surface area (Å²) in [5.41, 5.74) is 0. The average molecular weight is 570 g/mol. The summed E-state index contributed by atoms with van der Waals surface area (Å²) in [6.45, 7) is 12.2. The number of amides is 1. The van der Waals surface area contributed by atoms with E-state index >= 15 is 0 Å². The molecule has 0 aromatic carbocycles. The van der Waals surface area contributed by atoms with Crippen molar-refractivity contribution in [1.29, 1.82) is 0 Å². The van der Waals surface area contributed by atoms with Gasteiger partial charge < -0.3 is 20.0 Å². The molecular weight excluding hydrogens is 529 g/mol. The molecule has 0 radical (unpaired) electrons. The summed E-state index contributed by atoms with van der Waals surface area (Å²) in [4.78, 5) is 31.3. The minimum absolute atomic E-state index is 0. The SMILES string of the molecule is CCNC(=NCCN1CCN(C(=O)C2CCCC2)CC1)N1CCN(c2ccccn2)CC1.I. The van der Waals surface area contributed by atoms with E-state index in [1.54, 1.807) is 0 Å². The number of carbonyl (C=O) groups is 1. The first-order chi connectivity index (χ1) is 15.7. The lowest BCUT2D eigenvalue weighted by Crippen LogP contribution is -2.53. The Morgan fingerprint density at radius 1 is 1.03 bits per heavy atom. The van der Waals surface area contributed by atoms with Gasteiger partial charge in [0.2, 0.25) is 5.91 Å². The van der Waals surface area contributed by atoms with E-state index in [-0.39, 0.29) is 24.0 Å². The van der Waals surface area contributed by atoms with Crippen molar-refractivity contribution in [2.75, 3.05) is 76.9 Å². The minimum Gasteiger partial charge on any atom is -0.357 e. The summed E-state index contributed by atoms with van der Waals surface area (Å²) in [7, 11) is 0. The fourth-order valence-electron chi connectivity index (χ4n) is 5.03. The Morgan fingerprint density at radius 2 is 1.73 bits per heavy atom. The van der Waals surface area contributed by atoms with Crippen LogP contribution in [-0.4, -0.2) is 104 Å². The van der Waals surface area contributed by atoms with Crippen LogP contribution in [0.2, 0.25) is 0 Å². The number of halogens is 1. The van der Waals surface area contributed by atoms with Crippen molar-refractivity contribution >= 4 is 41.7 Å². The number of hydrogen-bond acceptors (Lipinski definition) is 5. The van der Waals surface area contributed by atoms with Gasteiger partial charge in [-0.15, -0.1) is 24.0 Å². The predicted molar refractivity (Wildman–Crippen MR) is 144 cm³/mol. The van der Waals surface area contributed by atoms with Crippen LogP contribution >= 0.6 is 24.0 Å². The molecule has 2 aliphatic heterocycles. The van der Waals surface area contributed by atoms with E-state index < -0.39 is 0 Å². The highest BCUT2D eigenvalue weighted by Gasteiger charge is 2.29. The van der Waals surface area contributed by atoms with Gasteiger partial charge in [0.25, 0.3) is 0 Å². The van der Waals surface area contributed by atoms with Gasteiger partial charge in [-0.05, 0) is 31.9 Å². The fraction of sp³-hybridized carbons (Fsp3) is 0.708. The normalized spacial score (nSPS) is 20.6. The molecule has 1 aliphatic carbocycles. The zero-order valence-electron chi connectivity index (χ0n) is 20.0. The second-order valence-electron chi connectivity index (χ2n) is 9.05. The second-order valence-corrected chi connectivity index (χ2v) is 9.05. The van der Waals surface area contributed by atoms with E-state index in [2.05, 4.69) is 42.9 Å². The maximum atomic E-state index is 12.6. The smallest absolute Gasteiger partial charge is 0.225 e. The number of aromatic nitrogens is 1. The number of nitrogens with one attached hydrogen (secondary N) is 1. The first-order valence-corrected chi connectivity index (χ1v) is 12.4. The average Bonchev–Trinajstić information content (AvgIpc) is 3.39. The second kappa shape index (κ2) is 13.3. The highest BCUT2D eigenvalue weighted by molar-refractivity contribution is 14.0. The molecule has 0 atom stereocenters. The van der Waals surface area contributed by atoms with Gasteiger partial charge >= 0.3 is 0 Å². The molecule has 9 heteroatoms. The lowest BCUT2D eigenvalue weighted by molar-refractivity contribution is -0.137. The molecule has 3 heterocycles. The number of carbonyl (C=O) groups excluding carboxylic acids is 1. The fourth-order valence-corrected chi connectivity index (χ4v) is 5.03. The molecule has 184 valence electrons. The van der Waals surface area contributed by atoms with Crippen LogP contribution in [0.5, 0.6) is 0 Å². The first kappa shape index (κ1) is 26.0. The van der Waals surface area contributed by atoms with Crippen molar-refractivity contribution in [3.05, 3.63) is 24.4 Å². The van der Waals surface area contributed by atoms with Crippen LogP contribution in [0.4, 0.5) is 5.82 Å². The standard InChI is InChI=1S/C24H39N7O.HI/c1-2-25-24(31-19-17-29(18-20-31)22-9-5-6-10-26-22)27-11-12-28-13-15-30(16-14-28)23(32)21-7-3-4-8-21;/h5-6,9-10,21H,2-4,7-8,11-20H2,1H3,(H,25,27);1H. The van der Waals surface area contributed by atoms with Gasteiger partial charge in [-0.1, -0.05) is 18.9 Å². The van der Waals surface area contributed by atoms with E-state index in [0.29, 0.717) is 11.8 Å². The van der Waals surface area contributed by atoms with Crippen molar-refractivity contribution < 1.29 is 4.79 Å². The minimum atomic E-state index is 0. The highest BCUT2D eigenvalue weighted by atomic mass is 127. The van der Waals surface area contributed by atoms with Crippen molar-refractivity contribution in [2.45, 2.75) is 32.6 Å². The largest absolute Gasteiger partial charge is 0.357 e. The Bertz CT molecular complexity index is 740. The monoisotopic (exact) mass is 569 g/mol. The van der Waals surface area contributed by atoms with Crippen LogP contribution in [-0.2, 0) is 4.79 Å². The Morgan fingerprint density at radius 3 is 2.36 bits per heavy atom. The molecular formula is C24H40IN7O. The molecule has 1 aromatic heterocycles. The molecule has 0 bridgehead atoms. The Labute approximate surface area is 215 Å². The van der Waals surface area contributed by atoms with Gasteiger partial charge in [0.15, 0.2) is 5.96 Å². The molecule has 1 aromatic rings. The van der Waals surface area contributed by atoms with E-state index in [4.69, 9.17) is 4.99 Å². The third kappa shape index (κ3) is 7.18. The van der Waals surface area contributed by atoms with Crippen LogP contribution in [0.25, 0.3) is 0 Å². The number of hydrogen-bond donors (Lipinski definition) is 1. The zero-order chi connectivity index (χ0) is 22.2. The summed E-state index contributed by atoms with van der Waals surface area (Å²) in [6, 6.07) is 6.09. The molecule has 0 unspecified atom stereocenters. The number of anilines is 1. The Balaban J connectivity index is 0.00000306. The third-order valence-electron chi connectivity index (χ3n) is 6.95. The lowest BCUT2D eigenvalue weighted by Gasteiger charge is -2.37. The van der Waals surface area contributed by atoms with Crippen molar-refractivity contribution in [1.82, 2.24) is 25.0 Å². The molecule has 0 spiro atoms. The maximum Gasteiger partial charge on any atom is 0.225 e. The molecule has 1 amide bonds. The first-order valence-electron chi connectivity index (χ1n) is 12.4. The van der Waals surface area contributed by atoms with Crippen LogP contribution in [0.1, 0.15) is 32.6 Å². The molecule has 1 saturated carbocycles. The van der Waals surface area contributed by atoms with E-state index in [9.17, 15) is 4.79 Å². The number of aliphatic imine (C=N–C) groups is 1. The quantitative estimate of drug-likeness (QED) is 0.322. The van der Waals surface area contributed by atoms with Gasteiger partial charge in [0.05, 0.1) is 6.54 Å². The number of pyridine rings is 1. The molecule has 4 rings (SSSR count). The van der Waals surface area contributed by atoms with Gasteiger partial charge in [0, 0.05) is 77.6 Å². The topological polar surface area (TPSA) is 67.3 Å². The predicted octanol–water partition coefficient (Wildman–Crippen LogP) is 2.12. The number of nitrogens with zero attached hydrogens (tertiary/aromatic N) is 6. The summed E-state index contributed by atoms with van der Waals surface area (Å²) < 4.78 is 0. The van der Waals surface area contributed by atoms with Crippen LogP contribution in [0.15, 0.2) is 29.4 Å². The van der Waals surface area contributed by atoms with E-state index in [0.717, 1.165) is 96.6 Å². The molecule has 2 saturated heterocycles. The molecule has 3 fully saturated rings. The lowest BCUT2D eigenvalue weighted by atomic mass is 10.1. The summed E-state index contributed by atoms with van der Waals surface area (Å²) in [5, 5.41) is 3.47. The van der Waals surface area contributed by atoms with Crippen molar-refractivity contribution in [3.8, 4) is 0 Å². The van der Waals surface area contributed by atoms with Gasteiger partial charge in [0.1, 0.15) is 5.82 Å². The zero-order valence-corrected chi connectivity index (χ0v) is 22.3. The van der Waals surface area contributed by atoms with Gasteiger partial charge in [-0.25, -0.2) is 4.98 Å². The van der Waals surface area contributed by atoms with Crippen LogP contribution in [0, 0.1) is 5.92 Å². The van der Waals surface area contributed by atoms with Crippen LogP contribution < -0.4 is 10.2 Å². The van der Waals surface area contributed by atoms with Crippen molar-refractivity contribution in [3.63, 3.8) is 0 Å². The molecule has 33 heavy (non-hydrogen) atoms. The Hall–Kier alpha value is -1.62. The van der Waals surface area contributed by atoms with Crippen LogP contribution in [0.3, 0.4) is 0 Å². The van der Waals surface area contributed by atoms with Gasteiger partial charge in [-0.2, -0.15) is 0 Å². The van der Waals surface area contributed by atoms with Crippen molar-refractivity contribution in [2.24, 2.45) is 10.9 Å². The third-order valence-corrected chi connectivity index (χ3v) is 6.95. The summed E-state index contributed by atoms with van der Waals surface area (Å²) in [5.74, 6) is 2.77. The molecule has 3 aliphatic rings. The highest BCUT2D eigenvalue weighted by Crippen LogP contribution is 2.26.